The van der Waals surface area contributed by atoms with E-state index >= 15 is 0 Å². The van der Waals surface area contributed by atoms with E-state index in [1.54, 1.807) is 12.1 Å². The monoisotopic (exact) mass is 309 g/mol. The first-order valence-electron chi connectivity index (χ1n) is 7.06. The molecule has 0 aliphatic heterocycles. The molecule has 3 aromatic rings. The summed E-state index contributed by atoms with van der Waals surface area (Å²) in [5.74, 6) is -2.88. The molecule has 0 saturated heterocycles. The first-order chi connectivity index (χ1) is 11.1. The van der Waals surface area contributed by atoms with Crippen LogP contribution in [0.4, 0.5) is 14.5 Å². The third-order valence-electron chi connectivity index (χ3n) is 3.45. The molecule has 0 radical (unpaired) electrons. The molecule has 0 fully saturated rings. The lowest BCUT2D eigenvalue weighted by Crippen LogP contribution is -2.14. The van der Waals surface area contributed by atoms with Gasteiger partial charge in [0.15, 0.2) is 11.6 Å². The van der Waals surface area contributed by atoms with Gasteiger partial charge < -0.3 is 5.32 Å². The lowest BCUT2D eigenvalue weighted by Gasteiger charge is -2.08. The Balaban J connectivity index is 1.78. The molecule has 0 saturated carbocycles. The molecule has 114 valence electrons. The van der Waals surface area contributed by atoms with Crippen LogP contribution in [0.15, 0.2) is 72.8 Å². The van der Waals surface area contributed by atoms with Crippen LogP contribution in [0.25, 0.3) is 11.1 Å². The highest BCUT2D eigenvalue weighted by atomic mass is 19.2. The highest BCUT2D eigenvalue weighted by molar-refractivity contribution is 6.04. The summed E-state index contributed by atoms with van der Waals surface area (Å²) in [6.45, 7) is 0. The molecule has 3 aromatic carbocycles. The number of anilines is 1. The van der Waals surface area contributed by atoms with Crippen molar-refractivity contribution in [3.63, 3.8) is 0 Å². The maximum Gasteiger partial charge on any atom is 0.258 e. The van der Waals surface area contributed by atoms with Crippen LogP contribution in [0.1, 0.15) is 10.4 Å². The van der Waals surface area contributed by atoms with Crippen molar-refractivity contribution in [3.8, 4) is 11.1 Å². The molecule has 0 spiro atoms. The molecule has 2 nitrogen and oxygen atoms in total. The van der Waals surface area contributed by atoms with Crippen molar-refractivity contribution in [2.45, 2.75) is 0 Å². The number of amides is 1. The van der Waals surface area contributed by atoms with Crippen molar-refractivity contribution in [1.29, 1.82) is 0 Å². The predicted molar refractivity (Wildman–Crippen MR) is 86.2 cm³/mol. The highest BCUT2D eigenvalue weighted by Crippen LogP contribution is 2.21. The van der Waals surface area contributed by atoms with Gasteiger partial charge in [-0.3, -0.25) is 4.79 Å². The van der Waals surface area contributed by atoms with Crippen LogP contribution in [-0.4, -0.2) is 5.91 Å². The molecule has 0 aromatic heterocycles. The van der Waals surface area contributed by atoms with Gasteiger partial charge in [-0.15, -0.1) is 0 Å². The molecule has 3 rings (SSSR count). The zero-order valence-corrected chi connectivity index (χ0v) is 12.1. The molecule has 1 amide bonds. The van der Waals surface area contributed by atoms with Crippen LogP contribution < -0.4 is 5.32 Å². The number of hydrogen-bond acceptors (Lipinski definition) is 1. The van der Waals surface area contributed by atoms with Gasteiger partial charge in [-0.25, -0.2) is 8.78 Å². The summed E-state index contributed by atoms with van der Waals surface area (Å²) in [6.07, 6.45) is 0. The third-order valence-corrected chi connectivity index (χ3v) is 3.45. The predicted octanol–water partition coefficient (Wildman–Crippen LogP) is 4.88. The van der Waals surface area contributed by atoms with Crippen LogP contribution in [0.2, 0.25) is 0 Å². The molecule has 0 unspecified atom stereocenters. The van der Waals surface area contributed by atoms with E-state index in [9.17, 15) is 13.6 Å². The molecule has 0 aliphatic carbocycles. The number of rotatable bonds is 3. The SMILES string of the molecule is O=C(Nc1ccc(-c2ccccc2)cc1)c1cccc(F)c1F. The average Bonchev–Trinajstić information content (AvgIpc) is 2.59. The fraction of sp³-hybridized carbons (Fsp3) is 0. The van der Waals surface area contributed by atoms with Crippen molar-refractivity contribution in [2.24, 2.45) is 0 Å². The van der Waals surface area contributed by atoms with E-state index < -0.39 is 17.5 Å². The summed E-state index contributed by atoms with van der Waals surface area (Å²) >= 11 is 0. The Labute approximate surface area is 132 Å². The van der Waals surface area contributed by atoms with Gasteiger partial charge >= 0.3 is 0 Å². The second-order valence-corrected chi connectivity index (χ2v) is 5.00. The minimum atomic E-state index is -1.15. The van der Waals surface area contributed by atoms with Gasteiger partial charge in [-0.1, -0.05) is 48.5 Å². The smallest absolute Gasteiger partial charge is 0.258 e. The molecular weight excluding hydrogens is 296 g/mol. The quantitative estimate of drug-likeness (QED) is 0.733. The van der Waals surface area contributed by atoms with Gasteiger partial charge in [0.05, 0.1) is 5.56 Å². The molecule has 4 heteroatoms. The van der Waals surface area contributed by atoms with Crippen molar-refractivity contribution < 1.29 is 13.6 Å². The second kappa shape index (κ2) is 6.40. The fourth-order valence-corrected chi connectivity index (χ4v) is 2.25. The third kappa shape index (κ3) is 3.26. The maximum absolute atomic E-state index is 13.6. The van der Waals surface area contributed by atoms with E-state index in [4.69, 9.17) is 0 Å². The number of benzene rings is 3. The van der Waals surface area contributed by atoms with Gasteiger partial charge in [-0.2, -0.15) is 0 Å². The van der Waals surface area contributed by atoms with Crippen LogP contribution in [0.3, 0.4) is 0 Å². The van der Waals surface area contributed by atoms with Gasteiger partial charge in [0.1, 0.15) is 0 Å². The summed E-state index contributed by atoms with van der Waals surface area (Å²) in [6, 6.07) is 20.4. The van der Waals surface area contributed by atoms with E-state index in [0.717, 1.165) is 17.2 Å². The summed E-state index contributed by atoms with van der Waals surface area (Å²) < 4.78 is 26.8. The van der Waals surface area contributed by atoms with Crippen molar-refractivity contribution in [1.82, 2.24) is 0 Å². The largest absolute Gasteiger partial charge is 0.322 e. The Morgan fingerprint density at radius 1 is 0.739 bits per heavy atom. The lowest BCUT2D eigenvalue weighted by molar-refractivity contribution is 0.102. The van der Waals surface area contributed by atoms with Crippen LogP contribution in [0.5, 0.6) is 0 Å². The van der Waals surface area contributed by atoms with Crippen molar-refractivity contribution in [3.05, 3.63) is 90.0 Å². The molecular formula is C19H13F2NO. The Hall–Kier alpha value is -3.01. The lowest BCUT2D eigenvalue weighted by atomic mass is 10.1. The van der Waals surface area contributed by atoms with Gasteiger partial charge in [0.2, 0.25) is 0 Å². The zero-order chi connectivity index (χ0) is 16.2. The number of nitrogens with one attached hydrogen (secondary N) is 1. The van der Waals surface area contributed by atoms with E-state index in [0.29, 0.717) is 5.69 Å². The van der Waals surface area contributed by atoms with Crippen molar-refractivity contribution in [2.75, 3.05) is 5.32 Å². The Kier molecular flexibility index (Phi) is 4.15. The van der Waals surface area contributed by atoms with E-state index in [1.165, 1.54) is 12.1 Å². The normalized spacial score (nSPS) is 10.3. The molecule has 1 N–H and O–H groups in total. The van der Waals surface area contributed by atoms with E-state index in [-0.39, 0.29) is 5.56 Å². The number of carbonyl (C=O) groups excluding carboxylic acids is 1. The molecule has 23 heavy (non-hydrogen) atoms. The van der Waals surface area contributed by atoms with Gasteiger partial charge in [0.25, 0.3) is 5.91 Å². The van der Waals surface area contributed by atoms with E-state index in [2.05, 4.69) is 5.32 Å². The summed E-state index contributed by atoms with van der Waals surface area (Å²) in [5.41, 5.74) is 2.25. The zero-order valence-electron chi connectivity index (χ0n) is 12.1. The van der Waals surface area contributed by atoms with Crippen LogP contribution in [-0.2, 0) is 0 Å². The van der Waals surface area contributed by atoms with Gasteiger partial charge in [0, 0.05) is 5.69 Å². The minimum absolute atomic E-state index is 0.322. The van der Waals surface area contributed by atoms with Crippen molar-refractivity contribution >= 4 is 11.6 Å². The van der Waals surface area contributed by atoms with Gasteiger partial charge in [-0.05, 0) is 35.4 Å². The molecule has 0 aliphatic rings. The number of hydrogen-bond donors (Lipinski definition) is 1. The Morgan fingerprint density at radius 2 is 1.39 bits per heavy atom. The summed E-state index contributed by atoms with van der Waals surface area (Å²) in [7, 11) is 0. The van der Waals surface area contributed by atoms with Crippen LogP contribution >= 0.6 is 0 Å². The fourth-order valence-electron chi connectivity index (χ4n) is 2.25. The first-order valence-corrected chi connectivity index (χ1v) is 7.06. The standard InChI is InChI=1S/C19H13F2NO/c20-17-8-4-7-16(18(17)21)19(23)22-15-11-9-14(10-12-15)13-5-2-1-3-6-13/h1-12H,(H,22,23). The summed E-state index contributed by atoms with van der Waals surface area (Å²) in [5, 5.41) is 2.56. The molecule has 0 heterocycles. The molecule has 0 atom stereocenters. The summed E-state index contributed by atoms with van der Waals surface area (Å²) in [4.78, 5) is 12.0. The van der Waals surface area contributed by atoms with E-state index in [1.807, 2.05) is 42.5 Å². The Bertz CT molecular complexity index is 830. The number of carbonyl (C=O) groups is 1. The Morgan fingerprint density at radius 3 is 2.09 bits per heavy atom. The maximum atomic E-state index is 13.6. The first kappa shape index (κ1) is 14.9. The average molecular weight is 309 g/mol. The second-order valence-electron chi connectivity index (χ2n) is 5.00. The molecule has 0 bridgehead atoms. The highest BCUT2D eigenvalue weighted by Gasteiger charge is 2.15. The number of halogens is 2. The topological polar surface area (TPSA) is 29.1 Å². The van der Waals surface area contributed by atoms with Crippen LogP contribution in [0, 0.1) is 11.6 Å². The minimum Gasteiger partial charge on any atom is -0.322 e.